The first-order valence-corrected chi connectivity index (χ1v) is 11.8. The highest BCUT2D eigenvalue weighted by Gasteiger charge is 2.17. The average molecular weight is 506 g/mol. The van der Waals surface area contributed by atoms with E-state index < -0.39 is 23.1 Å². The molecule has 4 aromatic rings. The molecular weight excluding hydrogens is 480 g/mol. The molecule has 0 saturated carbocycles. The van der Waals surface area contributed by atoms with E-state index in [9.17, 15) is 18.4 Å². The second-order valence-electron chi connectivity index (χ2n) is 9.01. The van der Waals surface area contributed by atoms with E-state index in [0.29, 0.717) is 5.56 Å². The smallest absolute Gasteiger partial charge is 0.266 e. The fourth-order valence-corrected chi connectivity index (χ4v) is 4.18. The Bertz CT molecular complexity index is 1520. The Hall–Kier alpha value is -4.25. The predicted molar refractivity (Wildman–Crippen MR) is 134 cm³/mol. The first-order chi connectivity index (χ1) is 17.9. The number of anilines is 1. The Kier molecular flexibility index (Phi) is 6.87. The quantitative estimate of drug-likeness (QED) is 0.429. The average Bonchev–Trinajstić information content (AvgIpc) is 2.90. The minimum absolute atomic E-state index is 0.0524. The number of amides is 1. The number of piperazine rings is 1. The third kappa shape index (κ3) is 5.46. The van der Waals surface area contributed by atoms with Gasteiger partial charge in [0.05, 0.1) is 30.1 Å². The van der Waals surface area contributed by atoms with Crippen molar-refractivity contribution in [1.29, 1.82) is 0 Å². The van der Waals surface area contributed by atoms with Crippen LogP contribution in [-0.2, 0) is 13.1 Å². The van der Waals surface area contributed by atoms with Crippen molar-refractivity contribution in [2.45, 2.75) is 13.1 Å². The van der Waals surface area contributed by atoms with Gasteiger partial charge in [-0.2, -0.15) is 0 Å². The first-order valence-electron chi connectivity index (χ1n) is 11.8. The van der Waals surface area contributed by atoms with E-state index in [4.69, 9.17) is 4.98 Å². The van der Waals surface area contributed by atoms with Gasteiger partial charge in [-0.1, -0.05) is 12.1 Å². The largest absolute Gasteiger partial charge is 0.353 e. The number of aromatic nitrogens is 4. The maximum Gasteiger partial charge on any atom is 0.266 e. The van der Waals surface area contributed by atoms with Crippen molar-refractivity contribution in [1.82, 2.24) is 29.7 Å². The SMILES string of the molecule is CN1CCN(c2cnc3ccc(CNC(=O)c4cncn(Cc5ccc(F)c(F)c5)c4=O)cc3n2)CC1. The molecule has 2 aromatic heterocycles. The molecule has 0 atom stereocenters. The molecular formula is C26H25F2N7O2. The van der Waals surface area contributed by atoms with E-state index in [0.717, 1.165) is 60.7 Å². The van der Waals surface area contributed by atoms with Gasteiger partial charge in [-0.3, -0.25) is 19.1 Å². The number of nitrogens with zero attached hydrogens (tertiary/aromatic N) is 6. The van der Waals surface area contributed by atoms with Crippen molar-refractivity contribution in [3.63, 3.8) is 0 Å². The standard InChI is InChI=1S/C26H25F2N7O2/c1-33-6-8-34(9-7-33)24-14-30-22-5-3-17(11-23(22)32-24)12-31-25(36)19-13-29-16-35(26(19)37)15-18-2-4-20(27)21(28)10-18/h2-5,10-11,13-14,16H,6-9,12,15H2,1H3,(H,31,36). The number of fused-ring (bicyclic) bond motifs is 1. The van der Waals surface area contributed by atoms with Crippen molar-refractivity contribution in [3.05, 3.63) is 93.8 Å². The van der Waals surface area contributed by atoms with Crippen LogP contribution in [0.3, 0.4) is 0 Å². The molecule has 9 nitrogen and oxygen atoms in total. The molecule has 190 valence electrons. The summed E-state index contributed by atoms with van der Waals surface area (Å²) in [6, 6.07) is 8.92. The first kappa shape index (κ1) is 24.4. The zero-order valence-corrected chi connectivity index (χ0v) is 20.2. The summed E-state index contributed by atoms with van der Waals surface area (Å²) in [6.07, 6.45) is 4.22. The van der Waals surface area contributed by atoms with Crippen LogP contribution < -0.4 is 15.8 Å². The van der Waals surface area contributed by atoms with Gasteiger partial charge in [-0.05, 0) is 42.4 Å². The molecule has 0 bridgehead atoms. The lowest BCUT2D eigenvalue weighted by atomic mass is 10.2. The molecule has 0 radical (unpaired) electrons. The molecule has 0 aliphatic carbocycles. The summed E-state index contributed by atoms with van der Waals surface area (Å²) in [6.45, 7) is 3.80. The number of halogens is 2. The number of rotatable bonds is 6. The van der Waals surface area contributed by atoms with E-state index in [-0.39, 0.29) is 18.7 Å². The number of carbonyl (C=O) groups is 1. The third-order valence-corrected chi connectivity index (χ3v) is 6.36. The Labute approximate surface area is 211 Å². The lowest BCUT2D eigenvalue weighted by Gasteiger charge is -2.33. The lowest BCUT2D eigenvalue weighted by molar-refractivity contribution is 0.0948. The summed E-state index contributed by atoms with van der Waals surface area (Å²) in [4.78, 5) is 43.3. The van der Waals surface area contributed by atoms with Crippen LogP contribution >= 0.6 is 0 Å². The Morgan fingerprint density at radius 1 is 0.973 bits per heavy atom. The summed E-state index contributed by atoms with van der Waals surface area (Å²) in [5.74, 6) is -1.76. The number of hydrogen-bond acceptors (Lipinski definition) is 7. The highest BCUT2D eigenvalue weighted by molar-refractivity contribution is 5.93. The molecule has 3 heterocycles. The molecule has 1 saturated heterocycles. The third-order valence-electron chi connectivity index (χ3n) is 6.36. The highest BCUT2D eigenvalue weighted by atomic mass is 19.2. The van der Waals surface area contributed by atoms with Crippen molar-refractivity contribution in [2.24, 2.45) is 0 Å². The number of benzene rings is 2. The van der Waals surface area contributed by atoms with E-state index in [1.54, 1.807) is 6.20 Å². The van der Waals surface area contributed by atoms with Crippen LogP contribution in [0.4, 0.5) is 14.6 Å². The van der Waals surface area contributed by atoms with Gasteiger partial charge < -0.3 is 15.1 Å². The van der Waals surface area contributed by atoms with Gasteiger partial charge in [-0.15, -0.1) is 0 Å². The molecule has 0 unspecified atom stereocenters. The van der Waals surface area contributed by atoms with E-state index in [1.807, 2.05) is 18.2 Å². The van der Waals surface area contributed by atoms with Gasteiger partial charge in [0.15, 0.2) is 11.6 Å². The van der Waals surface area contributed by atoms with Gasteiger partial charge in [0.1, 0.15) is 11.4 Å². The van der Waals surface area contributed by atoms with Gasteiger partial charge in [0.2, 0.25) is 0 Å². The van der Waals surface area contributed by atoms with Crippen LogP contribution in [0, 0.1) is 11.6 Å². The van der Waals surface area contributed by atoms with Gasteiger partial charge in [0.25, 0.3) is 11.5 Å². The summed E-state index contributed by atoms with van der Waals surface area (Å²) in [7, 11) is 2.09. The molecule has 1 aliphatic heterocycles. The fourth-order valence-electron chi connectivity index (χ4n) is 4.18. The van der Waals surface area contributed by atoms with Crippen molar-refractivity contribution < 1.29 is 13.6 Å². The van der Waals surface area contributed by atoms with Crippen LogP contribution in [0.15, 0.2) is 59.9 Å². The second kappa shape index (κ2) is 10.4. The van der Waals surface area contributed by atoms with Crippen LogP contribution in [0.1, 0.15) is 21.5 Å². The number of likely N-dealkylation sites (N-methyl/N-ethyl adjacent to an activating group) is 1. The lowest BCUT2D eigenvalue weighted by Crippen LogP contribution is -2.44. The maximum absolute atomic E-state index is 13.5. The van der Waals surface area contributed by atoms with Crippen molar-refractivity contribution in [2.75, 3.05) is 38.1 Å². The minimum Gasteiger partial charge on any atom is -0.353 e. The predicted octanol–water partition coefficient (Wildman–Crippen LogP) is 2.19. The number of nitrogens with one attached hydrogen (secondary N) is 1. The van der Waals surface area contributed by atoms with Gasteiger partial charge >= 0.3 is 0 Å². The second-order valence-corrected chi connectivity index (χ2v) is 9.01. The van der Waals surface area contributed by atoms with Crippen LogP contribution in [0.5, 0.6) is 0 Å². The van der Waals surface area contributed by atoms with Crippen LogP contribution in [0.25, 0.3) is 11.0 Å². The number of hydrogen-bond donors (Lipinski definition) is 1. The zero-order chi connectivity index (χ0) is 25.9. The fraction of sp³-hybridized carbons (Fsp3) is 0.269. The topological polar surface area (TPSA) is 96.2 Å². The number of carbonyl (C=O) groups excluding carboxylic acids is 1. The summed E-state index contributed by atoms with van der Waals surface area (Å²) >= 11 is 0. The molecule has 1 N–H and O–H groups in total. The minimum atomic E-state index is -1.01. The zero-order valence-electron chi connectivity index (χ0n) is 20.2. The normalized spacial score (nSPS) is 14.2. The molecule has 0 spiro atoms. The molecule has 37 heavy (non-hydrogen) atoms. The molecule has 1 aliphatic rings. The van der Waals surface area contributed by atoms with Gasteiger partial charge in [-0.25, -0.2) is 18.7 Å². The molecule has 1 fully saturated rings. The monoisotopic (exact) mass is 505 g/mol. The molecule has 2 aromatic carbocycles. The van der Waals surface area contributed by atoms with Gasteiger partial charge in [0, 0.05) is 38.9 Å². The van der Waals surface area contributed by atoms with Crippen LogP contribution in [-0.4, -0.2) is 63.6 Å². The highest BCUT2D eigenvalue weighted by Crippen LogP contribution is 2.18. The van der Waals surface area contributed by atoms with E-state index >= 15 is 0 Å². The molecule has 11 heteroatoms. The summed E-state index contributed by atoms with van der Waals surface area (Å²) in [5, 5.41) is 2.75. The van der Waals surface area contributed by atoms with Crippen LogP contribution in [0.2, 0.25) is 0 Å². The van der Waals surface area contributed by atoms with Crippen molar-refractivity contribution in [3.8, 4) is 0 Å². The Balaban J connectivity index is 1.28. The maximum atomic E-state index is 13.5. The Morgan fingerprint density at radius 2 is 1.76 bits per heavy atom. The summed E-state index contributed by atoms with van der Waals surface area (Å²) in [5.41, 5.74) is 1.91. The molecule has 1 amide bonds. The van der Waals surface area contributed by atoms with Crippen molar-refractivity contribution >= 4 is 22.8 Å². The molecule has 5 rings (SSSR count). The van der Waals surface area contributed by atoms with E-state index in [1.165, 1.54) is 23.2 Å². The Morgan fingerprint density at radius 3 is 2.54 bits per heavy atom. The van der Waals surface area contributed by atoms with E-state index in [2.05, 4.69) is 32.1 Å². The summed E-state index contributed by atoms with van der Waals surface area (Å²) < 4.78 is 27.9.